The molecule has 276 valence electrons. The second-order valence-electron chi connectivity index (χ2n) is 15.8. The van der Waals surface area contributed by atoms with Crippen LogP contribution in [-0.2, 0) is 28.9 Å². The van der Waals surface area contributed by atoms with Gasteiger partial charge in [-0.3, -0.25) is 19.4 Å². The summed E-state index contributed by atoms with van der Waals surface area (Å²) < 4.78 is 7.83. The quantitative estimate of drug-likeness (QED) is 0.197. The molecule has 2 fully saturated rings. The van der Waals surface area contributed by atoms with Crippen LogP contribution in [0, 0.1) is 12.3 Å². The second-order valence-corrected chi connectivity index (χ2v) is 15.8. The molecule has 1 atom stereocenters. The van der Waals surface area contributed by atoms with Crippen LogP contribution in [0.4, 0.5) is 28.7 Å². The number of aromatic nitrogens is 3. The van der Waals surface area contributed by atoms with Crippen molar-refractivity contribution in [2.45, 2.75) is 72.0 Å². The average Bonchev–Trinajstić information content (AvgIpc) is 3.65. The molecule has 1 aromatic carbocycles. The molecule has 4 aliphatic rings. The van der Waals surface area contributed by atoms with Crippen LogP contribution in [0.1, 0.15) is 60.9 Å². The molecule has 4 aromatic rings. The second kappa shape index (κ2) is 14.1. The number of piperazine rings is 1. The maximum Gasteiger partial charge on any atom is 0.276 e. The number of hydrogen-bond acceptors (Lipinski definition) is 8. The minimum atomic E-state index is -0.255. The van der Waals surface area contributed by atoms with E-state index < -0.39 is 0 Å². The van der Waals surface area contributed by atoms with Crippen molar-refractivity contribution in [1.82, 2.24) is 19.4 Å². The Morgan fingerprint density at radius 2 is 1.87 bits per heavy atom. The van der Waals surface area contributed by atoms with E-state index in [1.165, 1.54) is 17.3 Å². The summed E-state index contributed by atoms with van der Waals surface area (Å²) in [5.74, 6) is 1.07. The maximum atomic E-state index is 13.9. The van der Waals surface area contributed by atoms with Gasteiger partial charge in [0, 0.05) is 86.7 Å². The van der Waals surface area contributed by atoms with Crippen molar-refractivity contribution < 1.29 is 14.3 Å². The van der Waals surface area contributed by atoms with Crippen LogP contribution in [0.3, 0.4) is 0 Å². The fourth-order valence-corrected chi connectivity index (χ4v) is 8.86. The van der Waals surface area contributed by atoms with E-state index in [0.717, 1.165) is 105 Å². The normalized spacial score (nSPS) is 20.2. The molecule has 0 saturated carbocycles. The number of rotatable bonds is 8. The summed E-state index contributed by atoms with van der Waals surface area (Å²) in [6, 6.07) is 16.9. The van der Waals surface area contributed by atoms with Crippen LogP contribution in [0.5, 0.6) is 0 Å². The summed E-state index contributed by atoms with van der Waals surface area (Å²) in [6.45, 7) is 18.3. The van der Waals surface area contributed by atoms with E-state index in [-0.39, 0.29) is 23.3 Å². The molecule has 8 rings (SSSR count). The van der Waals surface area contributed by atoms with Crippen molar-refractivity contribution in [2.24, 2.45) is 5.41 Å². The summed E-state index contributed by atoms with van der Waals surface area (Å²) in [5, 5.41) is 6.52. The van der Waals surface area contributed by atoms with Gasteiger partial charge in [0.1, 0.15) is 17.3 Å². The lowest BCUT2D eigenvalue weighted by Crippen LogP contribution is -2.56. The van der Waals surface area contributed by atoms with Gasteiger partial charge in [0.25, 0.3) is 5.91 Å². The zero-order valence-corrected chi connectivity index (χ0v) is 31.3. The predicted molar refractivity (Wildman–Crippen MR) is 210 cm³/mol. The zero-order chi connectivity index (χ0) is 36.9. The lowest BCUT2D eigenvalue weighted by atomic mass is 9.90. The number of anilines is 5. The van der Waals surface area contributed by atoms with Gasteiger partial charge in [0.15, 0.2) is 0 Å². The van der Waals surface area contributed by atoms with Crippen LogP contribution < -0.4 is 20.4 Å². The van der Waals surface area contributed by atoms with Crippen molar-refractivity contribution in [3.63, 3.8) is 0 Å². The average molecular weight is 715 g/mol. The van der Waals surface area contributed by atoms with Crippen LogP contribution in [0.15, 0.2) is 67.4 Å². The smallest absolute Gasteiger partial charge is 0.276 e. The van der Waals surface area contributed by atoms with E-state index in [1.807, 2.05) is 48.2 Å². The van der Waals surface area contributed by atoms with E-state index in [2.05, 4.69) is 64.5 Å². The van der Waals surface area contributed by atoms with E-state index in [0.29, 0.717) is 24.2 Å². The van der Waals surface area contributed by atoms with Gasteiger partial charge in [0.2, 0.25) is 5.91 Å². The number of carbonyl (C=O) groups is 2. The third-order valence-electron chi connectivity index (χ3n) is 11.5. The van der Waals surface area contributed by atoms with Gasteiger partial charge in [-0.2, -0.15) is 0 Å². The number of pyridine rings is 2. The lowest BCUT2D eigenvalue weighted by Gasteiger charge is -2.45. The molecule has 11 nitrogen and oxygen atoms in total. The Kier molecular flexibility index (Phi) is 9.32. The molecule has 0 bridgehead atoms. The van der Waals surface area contributed by atoms with Crippen LogP contribution in [0.25, 0.3) is 11.3 Å². The highest BCUT2D eigenvalue weighted by Gasteiger charge is 2.37. The summed E-state index contributed by atoms with van der Waals surface area (Å²) >= 11 is 0. The minimum Gasteiger partial charge on any atom is -0.381 e. The van der Waals surface area contributed by atoms with Gasteiger partial charge in [-0.25, -0.2) is 9.97 Å². The zero-order valence-electron chi connectivity index (χ0n) is 31.3. The standard InChI is InChI=1S/C42H50N8O3/c1-6-39(51)46-34-23-30(10-11-35(34)48-17-16-47(26-27(48)2)31-13-20-53-21-14-31)44-38-9-7-8-33(45-38)32-12-15-43-40(28(32)3)50-19-18-49-36(41(50)52)22-29-24-42(4,5)25-37(29)49/h6-12,15,22-23,27,31H,1,13-14,16-21,24-26H2,2-5H3,(H,44,45)(H,46,51). The fourth-order valence-electron chi connectivity index (χ4n) is 8.86. The number of nitrogens with one attached hydrogen (secondary N) is 2. The molecule has 0 radical (unpaired) electrons. The third kappa shape index (κ3) is 6.84. The molecule has 2 amide bonds. The summed E-state index contributed by atoms with van der Waals surface area (Å²) in [6.07, 6.45) is 7.23. The Morgan fingerprint density at radius 1 is 1.04 bits per heavy atom. The fraction of sp³-hybridized carbons (Fsp3) is 0.429. The van der Waals surface area contributed by atoms with Crippen molar-refractivity contribution in [3.05, 3.63) is 89.9 Å². The van der Waals surface area contributed by atoms with E-state index in [9.17, 15) is 9.59 Å². The van der Waals surface area contributed by atoms with E-state index >= 15 is 0 Å². The molecule has 6 heterocycles. The summed E-state index contributed by atoms with van der Waals surface area (Å²) in [5.41, 5.74) is 8.72. The maximum absolute atomic E-state index is 13.9. The predicted octanol–water partition coefficient (Wildman–Crippen LogP) is 6.60. The molecule has 1 aliphatic carbocycles. The van der Waals surface area contributed by atoms with Gasteiger partial charge in [-0.05, 0) is 99.0 Å². The summed E-state index contributed by atoms with van der Waals surface area (Å²) in [4.78, 5) is 43.0. The Bertz CT molecular complexity index is 2060. The first-order valence-electron chi connectivity index (χ1n) is 19.0. The SMILES string of the molecule is C=CC(=O)Nc1cc(Nc2cccc(-c3ccnc(N4CCn5c(cc6c5CC(C)(C)C6)C4=O)c3C)n2)ccc1N1CCN(C2CCOCC2)CC1C. The van der Waals surface area contributed by atoms with Crippen LogP contribution in [0.2, 0.25) is 0 Å². The van der Waals surface area contributed by atoms with E-state index in [4.69, 9.17) is 14.7 Å². The van der Waals surface area contributed by atoms with Gasteiger partial charge in [0.05, 0.1) is 17.1 Å². The molecular weight excluding hydrogens is 665 g/mol. The lowest BCUT2D eigenvalue weighted by molar-refractivity contribution is -0.111. The van der Waals surface area contributed by atoms with Gasteiger partial charge in [-0.15, -0.1) is 0 Å². The molecule has 1 unspecified atom stereocenters. The van der Waals surface area contributed by atoms with Crippen molar-refractivity contribution in [3.8, 4) is 11.3 Å². The molecule has 3 aliphatic heterocycles. The van der Waals surface area contributed by atoms with E-state index in [1.54, 1.807) is 6.20 Å². The Morgan fingerprint density at radius 3 is 2.66 bits per heavy atom. The van der Waals surface area contributed by atoms with Gasteiger partial charge in [-0.1, -0.05) is 26.5 Å². The first-order valence-corrected chi connectivity index (χ1v) is 19.0. The van der Waals surface area contributed by atoms with Gasteiger partial charge >= 0.3 is 0 Å². The minimum absolute atomic E-state index is 0.00187. The Labute approximate surface area is 312 Å². The highest BCUT2D eigenvalue weighted by Crippen LogP contribution is 2.40. The van der Waals surface area contributed by atoms with Crippen molar-refractivity contribution in [1.29, 1.82) is 0 Å². The monoisotopic (exact) mass is 714 g/mol. The number of hydrogen-bond donors (Lipinski definition) is 2. The van der Waals surface area contributed by atoms with Crippen molar-refractivity contribution in [2.75, 3.05) is 59.8 Å². The number of ether oxygens (including phenoxy) is 1. The first-order chi connectivity index (χ1) is 25.6. The molecule has 2 N–H and O–H groups in total. The number of benzene rings is 1. The summed E-state index contributed by atoms with van der Waals surface area (Å²) in [7, 11) is 0. The highest BCUT2D eigenvalue weighted by molar-refractivity contribution is 6.06. The molecule has 3 aromatic heterocycles. The third-order valence-corrected chi connectivity index (χ3v) is 11.5. The Hall–Kier alpha value is -5.00. The molecule has 53 heavy (non-hydrogen) atoms. The van der Waals surface area contributed by atoms with Crippen LogP contribution in [-0.4, -0.2) is 82.7 Å². The molecule has 0 spiro atoms. The largest absolute Gasteiger partial charge is 0.381 e. The molecule has 11 heteroatoms. The van der Waals surface area contributed by atoms with Crippen molar-refractivity contribution >= 4 is 40.5 Å². The highest BCUT2D eigenvalue weighted by atomic mass is 16.5. The molecular formula is C42H50N8O3. The topological polar surface area (TPSA) is 108 Å². The Balaban J connectivity index is 1.01. The number of fused-ring (bicyclic) bond motifs is 3. The number of carbonyl (C=O) groups excluding carboxylic acids is 2. The molecule has 2 saturated heterocycles. The number of nitrogens with zero attached hydrogens (tertiary/aromatic N) is 6. The number of amides is 2. The van der Waals surface area contributed by atoms with Gasteiger partial charge < -0.3 is 24.8 Å². The van der Waals surface area contributed by atoms with Crippen LogP contribution >= 0.6 is 0 Å². The first kappa shape index (κ1) is 35.1.